The highest BCUT2D eigenvalue weighted by Gasteiger charge is 2.16. The van der Waals surface area contributed by atoms with Gasteiger partial charge in [-0.1, -0.05) is 25.4 Å². The maximum atomic E-state index is 11.6. The van der Waals surface area contributed by atoms with E-state index in [0.717, 1.165) is 0 Å². The van der Waals surface area contributed by atoms with Gasteiger partial charge in [-0.05, 0) is 30.2 Å². The molecule has 3 nitrogen and oxygen atoms in total. The molecule has 0 aromatic heterocycles. The van der Waals surface area contributed by atoms with Crippen molar-refractivity contribution >= 4 is 23.2 Å². The van der Waals surface area contributed by atoms with Crippen LogP contribution in [-0.4, -0.2) is 11.9 Å². The Morgan fingerprint density at radius 2 is 1.87 bits per heavy atom. The van der Waals surface area contributed by atoms with E-state index in [1.807, 2.05) is 13.8 Å². The first kappa shape index (κ1) is 12.0. The number of hydrogen-bond acceptors (Lipinski definition) is 2. The van der Waals surface area contributed by atoms with Crippen LogP contribution in [0.4, 0.5) is 5.69 Å². The molecule has 1 aromatic carbocycles. The van der Waals surface area contributed by atoms with Crippen LogP contribution in [0.25, 0.3) is 0 Å². The largest absolute Gasteiger partial charge is 0.325 e. The van der Waals surface area contributed by atoms with Crippen LogP contribution in [0, 0.1) is 5.92 Å². The van der Waals surface area contributed by atoms with Gasteiger partial charge < -0.3 is 11.1 Å². The monoisotopic (exact) mass is 226 g/mol. The van der Waals surface area contributed by atoms with E-state index in [1.165, 1.54) is 0 Å². The number of halogens is 1. The van der Waals surface area contributed by atoms with Crippen molar-refractivity contribution in [2.75, 3.05) is 5.32 Å². The second kappa shape index (κ2) is 5.14. The Morgan fingerprint density at radius 1 is 1.33 bits per heavy atom. The molecule has 0 heterocycles. The molecule has 15 heavy (non-hydrogen) atoms. The van der Waals surface area contributed by atoms with E-state index in [4.69, 9.17) is 17.3 Å². The fraction of sp³-hybridized carbons (Fsp3) is 0.364. The van der Waals surface area contributed by atoms with Crippen LogP contribution in [0.3, 0.4) is 0 Å². The highest BCUT2D eigenvalue weighted by molar-refractivity contribution is 6.30. The lowest BCUT2D eigenvalue weighted by atomic mass is 10.1. The summed E-state index contributed by atoms with van der Waals surface area (Å²) in [7, 11) is 0. The Bertz CT molecular complexity index is 335. The van der Waals surface area contributed by atoms with Crippen molar-refractivity contribution in [3.63, 3.8) is 0 Å². The van der Waals surface area contributed by atoms with Crippen molar-refractivity contribution < 1.29 is 4.79 Å². The summed E-state index contributed by atoms with van der Waals surface area (Å²) >= 11 is 5.72. The van der Waals surface area contributed by atoms with Gasteiger partial charge in [0.05, 0.1) is 6.04 Å². The molecule has 1 aromatic rings. The zero-order valence-corrected chi connectivity index (χ0v) is 9.58. The smallest absolute Gasteiger partial charge is 0.241 e. The van der Waals surface area contributed by atoms with Crippen LogP contribution in [0.1, 0.15) is 13.8 Å². The van der Waals surface area contributed by atoms with Crippen LogP contribution in [0.2, 0.25) is 5.02 Å². The van der Waals surface area contributed by atoms with Gasteiger partial charge in [0, 0.05) is 10.7 Å². The molecule has 3 N–H and O–H groups in total. The van der Waals surface area contributed by atoms with E-state index in [0.29, 0.717) is 10.7 Å². The van der Waals surface area contributed by atoms with Gasteiger partial charge in [0.1, 0.15) is 0 Å². The quantitative estimate of drug-likeness (QED) is 0.831. The van der Waals surface area contributed by atoms with Gasteiger partial charge in [0.15, 0.2) is 0 Å². The van der Waals surface area contributed by atoms with Crippen LogP contribution in [-0.2, 0) is 4.79 Å². The number of carbonyl (C=O) groups excluding carboxylic acids is 1. The molecule has 0 radical (unpaired) electrons. The highest BCUT2D eigenvalue weighted by Crippen LogP contribution is 2.14. The number of rotatable bonds is 3. The van der Waals surface area contributed by atoms with Crippen LogP contribution in [0.15, 0.2) is 24.3 Å². The second-order valence-corrected chi connectivity index (χ2v) is 4.20. The Hall–Kier alpha value is -1.06. The molecule has 0 aliphatic carbocycles. The van der Waals surface area contributed by atoms with E-state index in [-0.39, 0.29) is 11.8 Å². The molecule has 0 aliphatic rings. The first-order valence-corrected chi connectivity index (χ1v) is 5.20. The molecular weight excluding hydrogens is 212 g/mol. The maximum Gasteiger partial charge on any atom is 0.241 e. The predicted molar refractivity (Wildman–Crippen MR) is 62.9 cm³/mol. The minimum absolute atomic E-state index is 0.123. The average Bonchev–Trinajstić information content (AvgIpc) is 2.20. The molecule has 4 heteroatoms. The predicted octanol–water partition coefficient (Wildman–Crippen LogP) is 2.26. The van der Waals surface area contributed by atoms with Gasteiger partial charge >= 0.3 is 0 Å². The molecule has 0 saturated heterocycles. The molecule has 1 unspecified atom stereocenters. The number of amides is 1. The number of hydrogen-bond donors (Lipinski definition) is 2. The summed E-state index contributed by atoms with van der Waals surface area (Å²) in [4.78, 5) is 11.6. The summed E-state index contributed by atoms with van der Waals surface area (Å²) in [5.74, 6) is -0.0513. The highest BCUT2D eigenvalue weighted by atomic mass is 35.5. The molecule has 82 valence electrons. The third-order valence-electron chi connectivity index (χ3n) is 2.13. The van der Waals surface area contributed by atoms with Gasteiger partial charge in [-0.15, -0.1) is 0 Å². The molecule has 0 fully saturated rings. The Balaban J connectivity index is 2.62. The van der Waals surface area contributed by atoms with E-state index in [9.17, 15) is 4.79 Å². The van der Waals surface area contributed by atoms with E-state index in [1.54, 1.807) is 24.3 Å². The molecule has 1 atom stereocenters. The number of nitrogens with one attached hydrogen (secondary N) is 1. The zero-order valence-electron chi connectivity index (χ0n) is 8.83. The average molecular weight is 227 g/mol. The number of anilines is 1. The Labute approximate surface area is 94.6 Å². The van der Waals surface area contributed by atoms with E-state index < -0.39 is 6.04 Å². The second-order valence-electron chi connectivity index (χ2n) is 3.77. The molecule has 0 spiro atoms. The summed E-state index contributed by atoms with van der Waals surface area (Å²) in [5, 5.41) is 3.37. The van der Waals surface area contributed by atoms with Gasteiger partial charge in [-0.25, -0.2) is 0 Å². The van der Waals surface area contributed by atoms with Crippen molar-refractivity contribution in [1.82, 2.24) is 0 Å². The lowest BCUT2D eigenvalue weighted by Gasteiger charge is -2.15. The number of carbonyl (C=O) groups is 1. The summed E-state index contributed by atoms with van der Waals surface area (Å²) in [6.45, 7) is 3.82. The third-order valence-corrected chi connectivity index (χ3v) is 2.38. The lowest BCUT2D eigenvalue weighted by molar-refractivity contribution is -0.118. The maximum absolute atomic E-state index is 11.6. The van der Waals surface area contributed by atoms with Crippen molar-refractivity contribution in [2.24, 2.45) is 11.7 Å². The minimum atomic E-state index is -0.485. The summed E-state index contributed by atoms with van der Waals surface area (Å²) in [5.41, 5.74) is 6.41. The van der Waals surface area contributed by atoms with E-state index in [2.05, 4.69) is 5.32 Å². The Morgan fingerprint density at radius 3 is 2.33 bits per heavy atom. The topological polar surface area (TPSA) is 55.1 Å². The minimum Gasteiger partial charge on any atom is -0.325 e. The molecule has 0 aliphatic heterocycles. The van der Waals surface area contributed by atoms with Crippen LogP contribution >= 0.6 is 11.6 Å². The molecule has 0 saturated carbocycles. The summed E-state index contributed by atoms with van der Waals surface area (Å²) < 4.78 is 0. The van der Waals surface area contributed by atoms with Crippen molar-refractivity contribution in [3.8, 4) is 0 Å². The zero-order chi connectivity index (χ0) is 11.4. The summed E-state index contributed by atoms with van der Waals surface area (Å²) in [6.07, 6.45) is 0. The van der Waals surface area contributed by atoms with Gasteiger partial charge in [-0.3, -0.25) is 4.79 Å². The number of benzene rings is 1. The standard InChI is InChI=1S/C11H15ClN2O/c1-7(2)10(13)11(15)14-9-5-3-8(12)4-6-9/h3-7,10H,13H2,1-2H3,(H,14,15). The number of nitrogens with two attached hydrogens (primary N) is 1. The molecular formula is C11H15ClN2O. The summed E-state index contributed by atoms with van der Waals surface area (Å²) in [6, 6.07) is 6.44. The fourth-order valence-corrected chi connectivity index (χ4v) is 1.19. The van der Waals surface area contributed by atoms with Gasteiger partial charge in [0.25, 0.3) is 0 Å². The molecule has 1 amide bonds. The van der Waals surface area contributed by atoms with Gasteiger partial charge in [-0.2, -0.15) is 0 Å². The fourth-order valence-electron chi connectivity index (χ4n) is 1.06. The molecule has 0 bridgehead atoms. The first-order chi connectivity index (χ1) is 7.00. The van der Waals surface area contributed by atoms with E-state index >= 15 is 0 Å². The third kappa shape index (κ3) is 3.53. The van der Waals surface area contributed by atoms with Crippen molar-refractivity contribution in [2.45, 2.75) is 19.9 Å². The van der Waals surface area contributed by atoms with Gasteiger partial charge in [0.2, 0.25) is 5.91 Å². The lowest BCUT2D eigenvalue weighted by Crippen LogP contribution is -2.39. The molecule has 1 rings (SSSR count). The van der Waals surface area contributed by atoms with Crippen LogP contribution < -0.4 is 11.1 Å². The normalized spacial score (nSPS) is 12.6. The SMILES string of the molecule is CC(C)C(N)C(=O)Nc1ccc(Cl)cc1. The van der Waals surface area contributed by atoms with Crippen LogP contribution in [0.5, 0.6) is 0 Å². The van der Waals surface area contributed by atoms with Crippen molar-refractivity contribution in [1.29, 1.82) is 0 Å². The Kier molecular flexibility index (Phi) is 4.12. The van der Waals surface area contributed by atoms with Crippen molar-refractivity contribution in [3.05, 3.63) is 29.3 Å². The first-order valence-electron chi connectivity index (χ1n) is 4.82.